The molecule has 0 fully saturated rings. The minimum atomic E-state index is -0.552. The van der Waals surface area contributed by atoms with Crippen LogP contribution in [-0.2, 0) is 4.74 Å². The van der Waals surface area contributed by atoms with Crippen LogP contribution in [0.25, 0.3) is 17.0 Å². The molecule has 0 radical (unpaired) electrons. The number of aromatic amines is 1. The maximum atomic E-state index is 12.3. The van der Waals surface area contributed by atoms with Crippen molar-refractivity contribution < 1.29 is 9.53 Å². The Hall–Kier alpha value is -3.07. The number of carbonyl (C=O) groups excluding carboxylic acids is 1. The normalized spacial score (nSPS) is 12.2. The molecule has 4 heterocycles. The van der Waals surface area contributed by atoms with Crippen molar-refractivity contribution in [3.63, 3.8) is 0 Å². The van der Waals surface area contributed by atoms with Crippen LogP contribution in [-0.4, -0.2) is 35.5 Å². The molecule has 0 unspecified atom stereocenters. The van der Waals surface area contributed by atoms with Crippen molar-refractivity contribution in [1.29, 1.82) is 0 Å². The third-order valence-electron chi connectivity index (χ3n) is 3.74. The van der Waals surface area contributed by atoms with Crippen LogP contribution in [0.5, 0.6) is 0 Å². The molecule has 8 nitrogen and oxygen atoms in total. The van der Waals surface area contributed by atoms with Gasteiger partial charge in [0.05, 0.1) is 11.1 Å². The number of nitrogens with one attached hydrogen (secondary N) is 1. The molecule has 0 aliphatic heterocycles. The Morgan fingerprint density at radius 3 is 2.92 bits per heavy atom. The van der Waals surface area contributed by atoms with Gasteiger partial charge in [-0.1, -0.05) is 0 Å². The number of hydrogen-bond donors (Lipinski definition) is 1. The Morgan fingerprint density at radius 1 is 1.31 bits per heavy atom. The molecular formula is C17H13BrN6O2. The minimum absolute atomic E-state index is 0.359. The second-order valence-electron chi connectivity index (χ2n) is 5.57. The molecule has 4 aromatic heterocycles. The molecule has 0 bridgehead atoms. The number of halogens is 1. The highest BCUT2D eigenvalue weighted by molar-refractivity contribution is 9.10. The first-order valence-corrected chi connectivity index (χ1v) is 8.56. The molecule has 0 amide bonds. The predicted octanol–water partition coefficient (Wildman–Crippen LogP) is 3.22. The lowest BCUT2D eigenvalue weighted by atomic mass is 10.3. The van der Waals surface area contributed by atoms with Crippen molar-refractivity contribution in [2.45, 2.75) is 13.0 Å². The van der Waals surface area contributed by atoms with Gasteiger partial charge in [-0.2, -0.15) is 0 Å². The van der Waals surface area contributed by atoms with Crippen LogP contribution in [0.15, 0.2) is 53.8 Å². The van der Waals surface area contributed by atoms with Crippen molar-refractivity contribution in [2.24, 2.45) is 0 Å². The van der Waals surface area contributed by atoms with Gasteiger partial charge in [-0.05, 0) is 41.1 Å². The quantitative estimate of drug-likeness (QED) is 0.516. The van der Waals surface area contributed by atoms with Crippen LogP contribution in [0.4, 0.5) is 0 Å². The van der Waals surface area contributed by atoms with Gasteiger partial charge in [-0.15, -0.1) is 0 Å². The van der Waals surface area contributed by atoms with Gasteiger partial charge in [0.1, 0.15) is 18.0 Å². The summed E-state index contributed by atoms with van der Waals surface area (Å²) in [6, 6.07) is 5.26. The van der Waals surface area contributed by atoms with Gasteiger partial charge in [0.25, 0.3) is 0 Å². The summed E-state index contributed by atoms with van der Waals surface area (Å²) in [4.78, 5) is 32.2. The molecule has 0 aromatic carbocycles. The molecule has 1 atom stereocenters. The molecule has 0 saturated heterocycles. The van der Waals surface area contributed by atoms with Crippen LogP contribution in [0.1, 0.15) is 29.2 Å². The van der Waals surface area contributed by atoms with E-state index in [2.05, 4.69) is 40.8 Å². The fourth-order valence-corrected chi connectivity index (χ4v) is 2.76. The number of carbonyl (C=O) groups is 1. The highest BCUT2D eigenvalue weighted by atomic mass is 79.9. The number of imidazole rings is 2. The molecule has 4 rings (SSSR count). The van der Waals surface area contributed by atoms with E-state index in [4.69, 9.17) is 4.74 Å². The molecule has 0 spiro atoms. The SMILES string of the molecule is C[C@@H](OC(=O)c1ccc(-n2ccnc2)nc1)c1nc2ncc(Br)cc2[nH]1. The standard InChI is InChI=1S/C17H13BrN6O2/c1-10(15-22-13-6-12(18)8-21-16(13)23-15)26-17(25)11-2-3-14(20-7-11)24-5-4-19-9-24/h2-10H,1H3,(H,21,22,23)/t10-/m1/s1. The number of ether oxygens (including phenoxy) is 1. The number of pyridine rings is 2. The lowest BCUT2D eigenvalue weighted by molar-refractivity contribution is 0.0321. The third-order valence-corrected chi connectivity index (χ3v) is 4.18. The fourth-order valence-electron chi connectivity index (χ4n) is 2.42. The fraction of sp³-hybridized carbons (Fsp3) is 0.118. The summed E-state index contributed by atoms with van der Waals surface area (Å²) in [5, 5.41) is 0. The summed E-state index contributed by atoms with van der Waals surface area (Å²) in [5.41, 5.74) is 1.69. The average molecular weight is 413 g/mol. The Bertz CT molecular complexity index is 1060. The highest BCUT2D eigenvalue weighted by Crippen LogP contribution is 2.21. The van der Waals surface area contributed by atoms with Gasteiger partial charge in [0, 0.05) is 29.3 Å². The number of rotatable bonds is 4. The van der Waals surface area contributed by atoms with Crippen LogP contribution < -0.4 is 0 Å². The first-order valence-electron chi connectivity index (χ1n) is 7.76. The van der Waals surface area contributed by atoms with E-state index in [0.717, 1.165) is 9.99 Å². The Balaban J connectivity index is 1.49. The monoisotopic (exact) mass is 412 g/mol. The molecule has 9 heteroatoms. The van der Waals surface area contributed by atoms with Crippen LogP contribution in [0, 0.1) is 0 Å². The molecule has 0 aliphatic rings. The summed E-state index contributed by atoms with van der Waals surface area (Å²) in [5.74, 6) is 0.722. The van der Waals surface area contributed by atoms with Gasteiger partial charge in [0.15, 0.2) is 11.8 Å². The first kappa shape index (κ1) is 16.4. The maximum Gasteiger partial charge on any atom is 0.340 e. The zero-order valence-electron chi connectivity index (χ0n) is 13.6. The van der Waals surface area contributed by atoms with Crippen molar-refractivity contribution in [2.75, 3.05) is 0 Å². The molecule has 1 N–H and O–H groups in total. The minimum Gasteiger partial charge on any atom is -0.451 e. The summed E-state index contributed by atoms with van der Waals surface area (Å²) in [6.45, 7) is 1.75. The van der Waals surface area contributed by atoms with Crippen molar-refractivity contribution in [3.8, 4) is 5.82 Å². The van der Waals surface area contributed by atoms with E-state index in [1.54, 1.807) is 48.5 Å². The number of esters is 1. The Kier molecular flexibility index (Phi) is 4.21. The van der Waals surface area contributed by atoms with E-state index in [-0.39, 0.29) is 0 Å². The zero-order valence-corrected chi connectivity index (χ0v) is 15.2. The van der Waals surface area contributed by atoms with Crippen molar-refractivity contribution >= 4 is 33.1 Å². The Labute approximate surface area is 156 Å². The molecule has 4 aromatic rings. The summed E-state index contributed by atoms with van der Waals surface area (Å²) < 4.78 is 8.07. The number of aromatic nitrogens is 6. The van der Waals surface area contributed by atoms with E-state index in [1.165, 1.54) is 6.20 Å². The van der Waals surface area contributed by atoms with Gasteiger partial charge in [-0.3, -0.25) is 4.57 Å². The van der Waals surface area contributed by atoms with E-state index >= 15 is 0 Å². The summed E-state index contributed by atoms with van der Waals surface area (Å²) in [7, 11) is 0. The van der Waals surface area contributed by atoms with Crippen molar-refractivity contribution in [3.05, 3.63) is 65.2 Å². The molecule has 0 aliphatic carbocycles. The highest BCUT2D eigenvalue weighted by Gasteiger charge is 2.18. The van der Waals surface area contributed by atoms with Crippen LogP contribution >= 0.6 is 15.9 Å². The van der Waals surface area contributed by atoms with E-state index in [0.29, 0.717) is 22.9 Å². The Morgan fingerprint density at radius 2 is 2.19 bits per heavy atom. The lowest BCUT2D eigenvalue weighted by Crippen LogP contribution is -2.11. The van der Waals surface area contributed by atoms with Gasteiger partial charge in [-0.25, -0.2) is 24.7 Å². The molecular weight excluding hydrogens is 400 g/mol. The number of H-pyrrole nitrogens is 1. The zero-order chi connectivity index (χ0) is 18.1. The van der Waals surface area contributed by atoms with E-state index in [1.807, 2.05) is 6.07 Å². The molecule has 0 saturated carbocycles. The number of hydrogen-bond acceptors (Lipinski definition) is 6. The lowest BCUT2D eigenvalue weighted by Gasteiger charge is -2.10. The van der Waals surface area contributed by atoms with Crippen LogP contribution in [0.3, 0.4) is 0 Å². The topological polar surface area (TPSA) is 98.6 Å². The number of nitrogens with zero attached hydrogens (tertiary/aromatic N) is 5. The van der Waals surface area contributed by atoms with Gasteiger partial charge >= 0.3 is 5.97 Å². The second-order valence-corrected chi connectivity index (χ2v) is 6.48. The van der Waals surface area contributed by atoms with Crippen molar-refractivity contribution in [1.82, 2.24) is 29.5 Å². The van der Waals surface area contributed by atoms with Crippen LogP contribution in [0.2, 0.25) is 0 Å². The predicted molar refractivity (Wildman–Crippen MR) is 96.8 cm³/mol. The summed E-state index contributed by atoms with van der Waals surface area (Å²) in [6.07, 6.45) is 7.65. The largest absolute Gasteiger partial charge is 0.451 e. The molecule has 26 heavy (non-hydrogen) atoms. The van der Waals surface area contributed by atoms with Gasteiger partial charge in [0.2, 0.25) is 0 Å². The average Bonchev–Trinajstić information content (AvgIpc) is 3.31. The second kappa shape index (κ2) is 6.68. The number of fused-ring (bicyclic) bond motifs is 1. The van der Waals surface area contributed by atoms with Gasteiger partial charge < -0.3 is 9.72 Å². The third kappa shape index (κ3) is 3.21. The maximum absolute atomic E-state index is 12.3. The summed E-state index contributed by atoms with van der Waals surface area (Å²) >= 11 is 3.36. The smallest absolute Gasteiger partial charge is 0.340 e. The van der Waals surface area contributed by atoms with E-state index in [9.17, 15) is 4.79 Å². The van der Waals surface area contributed by atoms with E-state index < -0.39 is 12.1 Å². The first-order chi connectivity index (χ1) is 12.6. The molecule has 130 valence electrons.